The molecular formula is C20H16FeOS-6. The first-order valence-electron chi connectivity index (χ1n) is 6.93. The second-order valence-corrected chi connectivity index (χ2v) is 5.75. The van der Waals surface area contributed by atoms with Crippen molar-refractivity contribution in [1.82, 2.24) is 0 Å². The summed E-state index contributed by atoms with van der Waals surface area (Å²) < 4.78 is 0. The first-order chi connectivity index (χ1) is 10.7. The van der Waals surface area contributed by atoms with Gasteiger partial charge in [0.1, 0.15) is 0 Å². The summed E-state index contributed by atoms with van der Waals surface area (Å²) in [5, 5.41) is 0.0978. The van der Waals surface area contributed by atoms with E-state index in [0.29, 0.717) is 0 Å². The van der Waals surface area contributed by atoms with Gasteiger partial charge in [-0.05, 0) is 17.7 Å². The summed E-state index contributed by atoms with van der Waals surface area (Å²) in [5.74, 6) is 6.16. The summed E-state index contributed by atoms with van der Waals surface area (Å²) in [6, 6.07) is 25.6. The molecule has 0 aromatic heterocycles. The second-order valence-electron chi connectivity index (χ2n) is 4.50. The van der Waals surface area contributed by atoms with Crippen molar-refractivity contribution < 1.29 is 21.9 Å². The molecule has 23 heavy (non-hydrogen) atoms. The third-order valence-corrected chi connectivity index (χ3v) is 3.48. The Balaban J connectivity index is 0.000000377. The van der Waals surface area contributed by atoms with E-state index in [1.54, 1.807) is 6.92 Å². The van der Waals surface area contributed by atoms with Crippen LogP contribution in [0, 0.1) is 11.8 Å². The molecule has 0 radical (unpaired) electrons. The molecule has 0 aliphatic carbocycles. The number of hydrogen-bond acceptors (Lipinski definition) is 2. The minimum atomic E-state index is 0. The van der Waals surface area contributed by atoms with Crippen molar-refractivity contribution in [3.63, 3.8) is 0 Å². The Labute approximate surface area is 152 Å². The zero-order chi connectivity index (χ0) is 15.6. The fourth-order valence-corrected chi connectivity index (χ4v) is 2.30. The molecule has 3 aromatic rings. The van der Waals surface area contributed by atoms with Crippen LogP contribution in [-0.2, 0) is 21.9 Å². The van der Waals surface area contributed by atoms with Crippen LogP contribution in [0.4, 0.5) is 0 Å². The average molecular weight is 360 g/mol. The minimum absolute atomic E-state index is 0. The van der Waals surface area contributed by atoms with Crippen LogP contribution in [0.1, 0.15) is 18.1 Å². The zero-order valence-electron chi connectivity index (χ0n) is 12.7. The molecule has 122 valence electrons. The number of benzene rings is 1. The molecular weight excluding hydrogens is 344 g/mol. The monoisotopic (exact) mass is 360 g/mol. The number of hydrogen-bond donors (Lipinski definition) is 0. The fraction of sp³-hybridized carbons (Fsp3) is 0.0500. The van der Waals surface area contributed by atoms with Crippen LogP contribution in [0.3, 0.4) is 0 Å². The summed E-state index contributed by atoms with van der Waals surface area (Å²) in [4.78, 5) is 11.9. The number of rotatable bonds is 1. The largest absolute Gasteiger partial charge is 0.748 e. The fourth-order valence-electron chi connectivity index (χ4n) is 1.69. The second kappa shape index (κ2) is 10.7. The van der Waals surface area contributed by atoms with Crippen molar-refractivity contribution >= 4 is 16.9 Å². The Bertz CT molecular complexity index is 712. The van der Waals surface area contributed by atoms with Gasteiger partial charge in [0.2, 0.25) is 0 Å². The molecule has 0 spiro atoms. The van der Waals surface area contributed by atoms with Crippen molar-refractivity contribution in [2.75, 3.05) is 0 Å². The van der Waals surface area contributed by atoms with Crippen molar-refractivity contribution in [3.8, 4) is 11.8 Å². The van der Waals surface area contributed by atoms with Gasteiger partial charge in [-0.2, -0.15) is 24.0 Å². The van der Waals surface area contributed by atoms with Gasteiger partial charge < -0.3 is 30.3 Å². The molecule has 1 nitrogen and oxygen atoms in total. The van der Waals surface area contributed by atoms with E-state index in [1.165, 1.54) is 11.8 Å². The van der Waals surface area contributed by atoms with E-state index in [9.17, 15) is 4.79 Å². The molecule has 0 bridgehead atoms. The standard InChI is InChI=1S/C15H11OS.C5H5.Fe/c1-12(16)17-15-10-8-14(9-11-15)7-6-13-4-2-3-5-13;1-2-4-5-3-1;/h2-5,8-11H,1H3;1-5H;/q-1;-5;. The van der Waals surface area contributed by atoms with E-state index in [-0.39, 0.29) is 22.2 Å². The molecule has 0 fully saturated rings. The van der Waals surface area contributed by atoms with Gasteiger partial charge in [-0.1, -0.05) is 29.5 Å². The average Bonchev–Trinajstić information content (AvgIpc) is 3.22. The Morgan fingerprint density at radius 3 is 2.00 bits per heavy atom. The van der Waals surface area contributed by atoms with Crippen LogP contribution in [0.25, 0.3) is 0 Å². The minimum Gasteiger partial charge on any atom is -0.748 e. The number of carbonyl (C=O) groups is 1. The summed E-state index contributed by atoms with van der Waals surface area (Å²) in [5.41, 5.74) is 1.98. The van der Waals surface area contributed by atoms with Gasteiger partial charge >= 0.3 is 0 Å². The van der Waals surface area contributed by atoms with E-state index in [2.05, 4.69) is 11.8 Å². The smallest absolute Gasteiger partial charge is 0.190 e. The van der Waals surface area contributed by atoms with Gasteiger partial charge in [0.25, 0.3) is 0 Å². The third kappa shape index (κ3) is 7.72. The Kier molecular flexibility index (Phi) is 8.87. The van der Waals surface area contributed by atoms with Gasteiger partial charge in [0, 0.05) is 28.9 Å². The first-order valence-corrected chi connectivity index (χ1v) is 7.74. The molecule has 0 heterocycles. The molecule has 0 saturated carbocycles. The van der Waals surface area contributed by atoms with Crippen molar-refractivity contribution in [2.24, 2.45) is 0 Å². The molecule has 0 amide bonds. The summed E-state index contributed by atoms with van der Waals surface area (Å²) >= 11 is 1.24. The van der Waals surface area contributed by atoms with Gasteiger partial charge in [0.15, 0.2) is 5.12 Å². The zero-order valence-corrected chi connectivity index (χ0v) is 14.6. The number of thioether (sulfide) groups is 1. The molecule has 0 N–H and O–H groups in total. The van der Waals surface area contributed by atoms with Gasteiger partial charge in [-0.25, -0.2) is 0 Å². The van der Waals surface area contributed by atoms with E-state index < -0.39 is 0 Å². The topological polar surface area (TPSA) is 17.1 Å². The Hall–Kier alpha value is -1.98. The maximum absolute atomic E-state index is 10.9. The molecule has 0 aliphatic heterocycles. The molecule has 0 unspecified atom stereocenters. The molecule has 0 atom stereocenters. The molecule has 3 aromatic carbocycles. The van der Waals surface area contributed by atoms with Crippen LogP contribution in [-0.4, -0.2) is 5.12 Å². The van der Waals surface area contributed by atoms with Crippen molar-refractivity contribution in [3.05, 3.63) is 90.0 Å². The summed E-state index contributed by atoms with van der Waals surface area (Å²) in [6.07, 6.45) is 0. The van der Waals surface area contributed by atoms with Crippen LogP contribution in [0.5, 0.6) is 0 Å². The predicted octanol–water partition coefficient (Wildman–Crippen LogP) is 4.85. The van der Waals surface area contributed by atoms with E-state index >= 15 is 0 Å². The summed E-state index contributed by atoms with van der Waals surface area (Å²) in [7, 11) is 0. The van der Waals surface area contributed by atoms with Crippen LogP contribution in [0.15, 0.2) is 83.8 Å². The van der Waals surface area contributed by atoms with Gasteiger partial charge in [-0.3, -0.25) is 4.79 Å². The van der Waals surface area contributed by atoms with E-state index in [1.807, 2.05) is 78.9 Å². The molecule has 0 saturated heterocycles. The molecule has 3 rings (SSSR count). The van der Waals surface area contributed by atoms with Crippen molar-refractivity contribution in [1.29, 1.82) is 0 Å². The van der Waals surface area contributed by atoms with Crippen molar-refractivity contribution in [2.45, 2.75) is 11.8 Å². The van der Waals surface area contributed by atoms with Crippen LogP contribution >= 0.6 is 11.8 Å². The quantitative estimate of drug-likeness (QED) is 0.267. The predicted molar refractivity (Wildman–Crippen MR) is 93.0 cm³/mol. The summed E-state index contributed by atoms with van der Waals surface area (Å²) in [6.45, 7) is 1.56. The Morgan fingerprint density at radius 1 is 1.00 bits per heavy atom. The van der Waals surface area contributed by atoms with E-state index in [0.717, 1.165) is 16.0 Å². The maximum Gasteiger partial charge on any atom is 0.190 e. The van der Waals surface area contributed by atoms with Crippen LogP contribution < -0.4 is 0 Å². The molecule has 3 heteroatoms. The van der Waals surface area contributed by atoms with Gasteiger partial charge in [-0.15, -0.1) is 12.1 Å². The third-order valence-electron chi connectivity index (χ3n) is 2.69. The molecule has 0 aliphatic rings. The van der Waals surface area contributed by atoms with E-state index in [4.69, 9.17) is 0 Å². The normalized spacial score (nSPS) is 8.74. The number of carbonyl (C=O) groups excluding carboxylic acids is 1. The van der Waals surface area contributed by atoms with Crippen LogP contribution in [0.2, 0.25) is 0 Å². The maximum atomic E-state index is 10.9. The van der Waals surface area contributed by atoms with Gasteiger partial charge in [0.05, 0.1) is 0 Å². The SMILES string of the molecule is CC(=O)Sc1ccc(C#C[c-]2cccc2)cc1.[Fe].[cH-]1[cH-][cH-][cH-][cH-]1. The first kappa shape index (κ1) is 19.1. The Morgan fingerprint density at radius 2 is 1.52 bits per heavy atom.